The van der Waals surface area contributed by atoms with E-state index in [1.165, 1.54) is 92.7 Å². The van der Waals surface area contributed by atoms with E-state index in [9.17, 15) is 0 Å². The van der Waals surface area contributed by atoms with Gasteiger partial charge in [-0.05, 0) is 98.0 Å². The molecule has 2 nitrogen and oxygen atoms in total. The van der Waals surface area contributed by atoms with Crippen LogP contribution >= 0.6 is 0 Å². The van der Waals surface area contributed by atoms with Gasteiger partial charge in [-0.1, -0.05) is 127 Å². The van der Waals surface area contributed by atoms with E-state index >= 15 is 0 Å². The second-order valence-electron chi connectivity index (χ2n) is 13.3. The maximum atomic E-state index is 2.45. The van der Waals surface area contributed by atoms with Crippen molar-refractivity contribution < 1.29 is 0 Å². The highest BCUT2D eigenvalue weighted by Crippen LogP contribution is 2.43. The molecule has 0 saturated carbocycles. The zero-order chi connectivity index (χ0) is 32.8. The fourth-order valence-corrected chi connectivity index (χ4v) is 8.56. The summed E-state index contributed by atoms with van der Waals surface area (Å²) in [5.74, 6) is 0. The molecule has 0 aliphatic heterocycles. The van der Waals surface area contributed by atoms with E-state index in [-0.39, 0.29) is 0 Å². The van der Waals surface area contributed by atoms with Crippen molar-refractivity contribution in [3.8, 4) is 22.5 Å². The van der Waals surface area contributed by atoms with Crippen molar-refractivity contribution in [1.29, 1.82) is 0 Å². The Morgan fingerprint density at radius 3 is 1.28 bits per heavy atom. The SMILES string of the molecule is c1ccc(-n2c3ccccc3c3c4c5ccccc5n(-c5cccc(-c6ccc7c8ccccc8c8ccccc8c7c6)c5)c4ccc32)cc1. The van der Waals surface area contributed by atoms with Crippen molar-refractivity contribution in [3.63, 3.8) is 0 Å². The van der Waals surface area contributed by atoms with Crippen LogP contribution in [0.25, 0.3) is 98.4 Å². The number of aromatic nitrogens is 2. The van der Waals surface area contributed by atoms with Crippen LogP contribution in [-0.2, 0) is 0 Å². The minimum Gasteiger partial charge on any atom is -0.309 e. The number of hydrogen-bond donors (Lipinski definition) is 0. The Bertz CT molecular complexity index is 3110. The van der Waals surface area contributed by atoms with Crippen LogP contribution < -0.4 is 0 Å². The minimum atomic E-state index is 1.16. The molecule has 0 atom stereocenters. The van der Waals surface area contributed by atoms with Gasteiger partial charge < -0.3 is 9.13 Å². The van der Waals surface area contributed by atoms with Gasteiger partial charge in [-0.3, -0.25) is 0 Å². The number of nitrogens with zero attached hydrogens (tertiary/aromatic N) is 2. The highest BCUT2D eigenvalue weighted by Gasteiger charge is 2.20. The van der Waals surface area contributed by atoms with Gasteiger partial charge in [0.25, 0.3) is 0 Å². The second-order valence-corrected chi connectivity index (χ2v) is 13.3. The quantitative estimate of drug-likeness (QED) is 0.171. The van der Waals surface area contributed by atoms with Gasteiger partial charge in [-0.25, -0.2) is 0 Å². The summed E-state index contributed by atoms with van der Waals surface area (Å²) in [4.78, 5) is 0. The second kappa shape index (κ2) is 10.4. The first-order chi connectivity index (χ1) is 24.8. The Morgan fingerprint density at radius 2 is 0.680 bits per heavy atom. The molecule has 11 aromatic rings. The molecule has 11 rings (SSSR count). The van der Waals surface area contributed by atoms with Crippen LogP contribution in [-0.4, -0.2) is 9.13 Å². The highest BCUT2D eigenvalue weighted by molar-refractivity contribution is 6.29. The standard InChI is InChI=1S/C48H30N2/c1-2-14-33(15-3-1)49-43-23-10-8-21-40(43)47-45(49)27-28-46-48(47)41-22-9-11-24-44(41)50(46)34-16-12-13-31(29-34)32-25-26-39-37-19-5-4-17-35(37)36-18-6-7-20-38(36)42(39)30-32/h1-30H. The first-order valence-corrected chi connectivity index (χ1v) is 17.3. The first kappa shape index (κ1) is 27.3. The van der Waals surface area contributed by atoms with E-state index in [1.807, 2.05) is 0 Å². The Kier molecular flexibility index (Phi) is 5.70. The summed E-state index contributed by atoms with van der Waals surface area (Å²) in [6.45, 7) is 0. The largest absolute Gasteiger partial charge is 0.309 e. The van der Waals surface area contributed by atoms with Crippen LogP contribution in [0, 0.1) is 0 Å². The number of fused-ring (bicyclic) bond motifs is 13. The normalized spacial score (nSPS) is 12.0. The van der Waals surface area contributed by atoms with Crippen LogP contribution in [0.2, 0.25) is 0 Å². The van der Waals surface area contributed by atoms with Gasteiger partial charge in [0, 0.05) is 32.9 Å². The van der Waals surface area contributed by atoms with E-state index < -0.39 is 0 Å². The predicted octanol–water partition coefficient (Wildman–Crippen LogP) is 13.0. The van der Waals surface area contributed by atoms with Gasteiger partial charge >= 0.3 is 0 Å². The molecule has 232 valence electrons. The number of para-hydroxylation sites is 3. The first-order valence-electron chi connectivity index (χ1n) is 17.3. The summed E-state index contributed by atoms with van der Waals surface area (Å²) < 4.78 is 4.86. The molecule has 0 aliphatic rings. The minimum absolute atomic E-state index is 1.16. The predicted molar refractivity (Wildman–Crippen MR) is 213 cm³/mol. The average molecular weight is 635 g/mol. The third kappa shape index (κ3) is 3.79. The summed E-state index contributed by atoms with van der Waals surface area (Å²) in [6, 6.07) is 66.7. The van der Waals surface area contributed by atoms with Crippen LogP contribution in [0.1, 0.15) is 0 Å². The monoisotopic (exact) mass is 634 g/mol. The molecule has 0 saturated heterocycles. The lowest BCUT2D eigenvalue weighted by Gasteiger charge is -2.13. The summed E-state index contributed by atoms with van der Waals surface area (Å²) >= 11 is 0. The van der Waals surface area contributed by atoms with Crippen molar-refractivity contribution in [3.05, 3.63) is 182 Å². The lowest BCUT2D eigenvalue weighted by atomic mass is 9.92. The Labute approximate surface area is 288 Å². The molecule has 0 aliphatic carbocycles. The third-order valence-electron chi connectivity index (χ3n) is 10.7. The zero-order valence-corrected chi connectivity index (χ0v) is 27.2. The van der Waals surface area contributed by atoms with E-state index in [1.54, 1.807) is 0 Å². The van der Waals surface area contributed by atoms with Crippen LogP contribution in [0.15, 0.2) is 182 Å². The molecule has 0 bridgehead atoms. The smallest absolute Gasteiger partial charge is 0.0548 e. The average Bonchev–Trinajstić information content (AvgIpc) is 3.71. The van der Waals surface area contributed by atoms with Gasteiger partial charge in [0.15, 0.2) is 0 Å². The van der Waals surface area contributed by atoms with Gasteiger partial charge in [0.1, 0.15) is 0 Å². The molecule has 2 aromatic heterocycles. The van der Waals surface area contributed by atoms with E-state index in [2.05, 4.69) is 191 Å². The molecule has 2 heterocycles. The van der Waals surface area contributed by atoms with Gasteiger partial charge in [-0.2, -0.15) is 0 Å². The Morgan fingerprint density at radius 1 is 0.240 bits per heavy atom. The zero-order valence-electron chi connectivity index (χ0n) is 27.2. The summed E-state index contributed by atoms with van der Waals surface area (Å²) in [5.41, 5.74) is 9.61. The van der Waals surface area contributed by atoms with Gasteiger partial charge in [-0.15, -0.1) is 0 Å². The molecule has 9 aromatic carbocycles. The van der Waals surface area contributed by atoms with Crippen LogP contribution in [0.5, 0.6) is 0 Å². The molecule has 2 heteroatoms. The molecule has 0 spiro atoms. The van der Waals surface area contributed by atoms with Crippen molar-refractivity contribution in [1.82, 2.24) is 9.13 Å². The van der Waals surface area contributed by atoms with Crippen molar-refractivity contribution >= 4 is 75.9 Å². The summed E-state index contributed by atoms with van der Waals surface area (Å²) in [6.07, 6.45) is 0. The van der Waals surface area contributed by atoms with Crippen molar-refractivity contribution in [2.24, 2.45) is 0 Å². The maximum absolute atomic E-state index is 2.45. The lowest BCUT2D eigenvalue weighted by molar-refractivity contribution is 1.17. The van der Waals surface area contributed by atoms with E-state index in [0.717, 1.165) is 5.69 Å². The number of rotatable bonds is 3. The fourth-order valence-electron chi connectivity index (χ4n) is 8.56. The summed E-state index contributed by atoms with van der Waals surface area (Å²) in [7, 11) is 0. The molecule has 0 radical (unpaired) electrons. The van der Waals surface area contributed by atoms with E-state index in [0.29, 0.717) is 0 Å². The van der Waals surface area contributed by atoms with Crippen LogP contribution in [0.3, 0.4) is 0 Å². The topological polar surface area (TPSA) is 9.86 Å². The van der Waals surface area contributed by atoms with Gasteiger partial charge in [0.05, 0.1) is 22.1 Å². The molecule has 0 fully saturated rings. The fraction of sp³-hybridized carbons (Fsp3) is 0. The molecular weight excluding hydrogens is 605 g/mol. The number of hydrogen-bond acceptors (Lipinski definition) is 0. The molecule has 0 amide bonds. The Hall–Kier alpha value is -6.64. The maximum Gasteiger partial charge on any atom is 0.0548 e. The Balaban J connectivity index is 1.17. The molecular formula is C48H30N2. The van der Waals surface area contributed by atoms with E-state index in [4.69, 9.17) is 0 Å². The molecule has 0 N–H and O–H groups in total. The van der Waals surface area contributed by atoms with Crippen LogP contribution in [0.4, 0.5) is 0 Å². The highest BCUT2D eigenvalue weighted by atomic mass is 15.0. The third-order valence-corrected chi connectivity index (χ3v) is 10.7. The van der Waals surface area contributed by atoms with Gasteiger partial charge in [0.2, 0.25) is 0 Å². The summed E-state index contributed by atoms with van der Waals surface area (Å²) in [5, 5.41) is 12.9. The number of benzene rings is 9. The van der Waals surface area contributed by atoms with Crippen molar-refractivity contribution in [2.45, 2.75) is 0 Å². The lowest BCUT2D eigenvalue weighted by Crippen LogP contribution is -1.95. The molecule has 0 unspecified atom stereocenters. The molecule has 50 heavy (non-hydrogen) atoms. The van der Waals surface area contributed by atoms with Crippen molar-refractivity contribution in [2.75, 3.05) is 0 Å².